The maximum absolute atomic E-state index is 11.6. The van der Waals surface area contributed by atoms with Crippen LogP contribution in [0.15, 0.2) is 0 Å². The molecule has 5 heteroatoms. The number of rotatable bonds is 5. The molecule has 0 atom stereocenters. The van der Waals surface area contributed by atoms with Crippen molar-refractivity contribution in [3.8, 4) is 0 Å². The van der Waals surface area contributed by atoms with Crippen molar-refractivity contribution in [2.75, 3.05) is 18.5 Å². The van der Waals surface area contributed by atoms with Gasteiger partial charge in [-0.1, -0.05) is 15.9 Å². The highest BCUT2D eigenvalue weighted by atomic mass is 79.9. The summed E-state index contributed by atoms with van der Waals surface area (Å²) in [6, 6.07) is 0. The van der Waals surface area contributed by atoms with Gasteiger partial charge in [0.15, 0.2) is 5.78 Å². The van der Waals surface area contributed by atoms with Crippen LogP contribution in [0.3, 0.4) is 0 Å². The van der Waals surface area contributed by atoms with Crippen LogP contribution in [0.2, 0.25) is 0 Å². The molecular weight excluding hydrogens is 262 g/mol. The van der Waals surface area contributed by atoms with E-state index in [0.29, 0.717) is 13.2 Å². The molecule has 0 spiro atoms. The lowest BCUT2D eigenvalue weighted by atomic mass is 9.98. The van der Waals surface area contributed by atoms with E-state index in [9.17, 15) is 9.59 Å². The van der Waals surface area contributed by atoms with Gasteiger partial charge in [-0.3, -0.25) is 9.69 Å². The lowest BCUT2D eigenvalue weighted by Crippen LogP contribution is -2.53. The van der Waals surface area contributed by atoms with E-state index in [4.69, 9.17) is 4.74 Å². The number of alkyl halides is 1. The van der Waals surface area contributed by atoms with Crippen molar-refractivity contribution >= 4 is 27.8 Å². The minimum Gasteiger partial charge on any atom is -0.450 e. The van der Waals surface area contributed by atoms with Crippen LogP contribution in [0, 0.1) is 0 Å². The highest BCUT2D eigenvalue weighted by Crippen LogP contribution is 2.17. The van der Waals surface area contributed by atoms with Crippen molar-refractivity contribution in [2.24, 2.45) is 0 Å². The van der Waals surface area contributed by atoms with Crippen LogP contribution in [0.25, 0.3) is 0 Å². The summed E-state index contributed by atoms with van der Waals surface area (Å²) in [5.41, 5.74) is -0.829. The summed E-state index contributed by atoms with van der Waals surface area (Å²) in [6.45, 7) is 7.76. The Labute approximate surface area is 99.1 Å². The number of amides is 1. The molecule has 4 nitrogen and oxygen atoms in total. The third-order valence-electron chi connectivity index (χ3n) is 2.28. The van der Waals surface area contributed by atoms with Crippen LogP contribution in [0.5, 0.6) is 0 Å². The van der Waals surface area contributed by atoms with Crippen molar-refractivity contribution in [1.82, 2.24) is 4.90 Å². The number of likely N-dealkylation sites (N-methyl/N-ethyl adjacent to an activating group) is 1. The zero-order valence-electron chi connectivity index (χ0n) is 9.67. The molecule has 0 saturated carbocycles. The van der Waals surface area contributed by atoms with Crippen LogP contribution < -0.4 is 0 Å². The lowest BCUT2D eigenvalue weighted by molar-refractivity contribution is -0.125. The summed E-state index contributed by atoms with van der Waals surface area (Å²) < 4.78 is 4.90. The first-order chi connectivity index (χ1) is 6.91. The van der Waals surface area contributed by atoms with Gasteiger partial charge < -0.3 is 4.74 Å². The molecule has 0 rings (SSSR count). The normalized spacial score (nSPS) is 11.0. The van der Waals surface area contributed by atoms with Gasteiger partial charge in [0.25, 0.3) is 0 Å². The largest absolute Gasteiger partial charge is 0.450 e. The van der Waals surface area contributed by atoms with E-state index >= 15 is 0 Å². The van der Waals surface area contributed by atoms with Gasteiger partial charge >= 0.3 is 6.09 Å². The summed E-state index contributed by atoms with van der Waals surface area (Å²) in [4.78, 5) is 24.7. The smallest absolute Gasteiger partial charge is 0.410 e. The third-order valence-corrected chi connectivity index (χ3v) is 2.79. The fraction of sp³-hybridized carbons (Fsp3) is 0.800. The van der Waals surface area contributed by atoms with E-state index in [2.05, 4.69) is 15.9 Å². The summed E-state index contributed by atoms with van der Waals surface area (Å²) in [5.74, 6) is -0.0441. The Morgan fingerprint density at radius 3 is 2.20 bits per heavy atom. The lowest BCUT2D eigenvalue weighted by Gasteiger charge is -2.35. The second-order valence-electron chi connectivity index (χ2n) is 3.56. The highest BCUT2D eigenvalue weighted by Gasteiger charge is 2.36. The number of carbonyl (C=O) groups is 2. The first-order valence-corrected chi connectivity index (χ1v) is 6.07. The van der Waals surface area contributed by atoms with Crippen molar-refractivity contribution in [3.05, 3.63) is 0 Å². The first-order valence-electron chi connectivity index (χ1n) is 4.95. The number of ether oxygens (including phenoxy) is 1. The quantitative estimate of drug-likeness (QED) is 0.725. The molecule has 15 heavy (non-hydrogen) atoms. The number of hydrogen-bond donors (Lipinski definition) is 0. The predicted octanol–water partition coefficient (Wildman–Crippen LogP) is 2.21. The van der Waals surface area contributed by atoms with Gasteiger partial charge in [-0.05, 0) is 27.7 Å². The number of ketones is 1. The molecule has 0 saturated heterocycles. The van der Waals surface area contributed by atoms with Crippen molar-refractivity contribution in [3.63, 3.8) is 0 Å². The molecule has 0 heterocycles. The van der Waals surface area contributed by atoms with Gasteiger partial charge in [0.05, 0.1) is 17.5 Å². The highest BCUT2D eigenvalue weighted by molar-refractivity contribution is 9.09. The van der Waals surface area contributed by atoms with Crippen LogP contribution in [-0.4, -0.2) is 40.8 Å². The SMILES string of the molecule is CCOC(=O)N(CC)C(C)(C)C(=O)CBr. The van der Waals surface area contributed by atoms with Gasteiger partial charge in [-0.15, -0.1) is 0 Å². The molecule has 0 aliphatic heterocycles. The first kappa shape index (κ1) is 14.4. The maximum atomic E-state index is 11.6. The topological polar surface area (TPSA) is 46.6 Å². The van der Waals surface area contributed by atoms with Gasteiger partial charge in [-0.2, -0.15) is 0 Å². The number of halogens is 1. The molecule has 88 valence electrons. The predicted molar refractivity (Wildman–Crippen MR) is 62.3 cm³/mol. The van der Waals surface area contributed by atoms with E-state index in [0.717, 1.165) is 0 Å². The van der Waals surface area contributed by atoms with Crippen LogP contribution in [0.4, 0.5) is 4.79 Å². The Balaban J connectivity index is 4.79. The monoisotopic (exact) mass is 279 g/mol. The second kappa shape index (κ2) is 6.10. The molecular formula is C10H18BrNO3. The minimum absolute atomic E-state index is 0.0441. The number of nitrogens with zero attached hydrogens (tertiary/aromatic N) is 1. The summed E-state index contributed by atoms with van der Waals surface area (Å²) in [6.07, 6.45) is -0.445. The van der Waals surface area contributed by atoms with Gasteiger partial charge in [0, 0.05) is 6.54 Å². The molecule has 0 fully saturated rings. The Kier molecular flexibility index (Phi) is 5.87. The fourth-order valence-electron chi connectivity index (χ4n) is 1.27. The molecule has 0 aromatic heterocycles. The van der Waals surface area contributed by atoms with E-state index in [1.807, 2.05) is 6.92 Å². The Morgan fingerprint density at radius 1 is 1.33 bits per heavy atom. The van der Waals surface area contributed by atoms with Crippen LogP contribution in [0.1, 0.15) is 27.7 Å². The van der Waals surface area contributed by atoms with E-state index in [-0.39, 0.29) is 11.1 Å². The summed E-state index contributed by atoms with van der Waals surface area (Å²) in [7, 11) is 0. The minimum atomic E-state index is -0.829. The standard InChI is InChI=1S/C10H18BrNO3/c1-5-12(9(14)15-6-2)10(3,4)8(13)7-11/h5-7H2,1-4H3. The summed E-state index contributed by atoms with van der Waals surface area (Å²) >= 11 is 3.11. The zero-order chi connectivity index (χ0) is 12.1. The zero-order valence-corrected chi connectivity index (χ0v) is 11.3. The average molecular weight is 280 g/mol. The average Bonchev–Trinajstić information content (AvgIpc) is 2.17. The third kappa shape index (κ3) is 3.48. The van der Waals surface area contributed by atoms with E-state index in [1.165, 1.54) is 4.90 Å². The van der Waals surface area contributed by atoms with E-state index in [1.54, 1.807) is 20.8 Å². The molecule has 0 radical (unpaired) electrons. The van der Waals surface area contributed by atoms with Crippen molar-refractivity contribution < 1.29 is 14.3 Å². The van der Waals surface area contributed by atoms with Crippen LogP contribution in [-0.2, 0) is 9.53 Å². The molecule has 0 N–H and O–H groups in total. The Bertz CT molecular complexity index is 241. The summed E-state index contributed by atoms with van der Waals surface area (Å²) in [5, 5.41) is 0.232. The maximum Gasteiger partial charge on any atom is 0.410 e. The second-order valence-corrected chi connectivity index (χ2v) is 4.12. The molecule has 0 unspecified atom stereocenters. The Morgan fingerprint density at radius 2 is 1.87 bits per heavy atom. The number of hydrogen-bond acceptors (Lipinski definition) is 3. The molecule has 0 aliphatic rings. The van der Waals surface area contributed by atoms with Gasteiger partial charge in [0.2, 0.25) is 0 Å². The fourth-order valence-corrected chi connectivity index (χ4v) is 1.95. The molecule has 0 aromatic carbocycles. The van der Waals surface area contributed by atoms with Crippen LogP contribution >= 0.6 is 15.9 Å². The van der Waals surface area contributed by atoms with Crippen molar-refractivity contribution in [2.45, 2.75) is 33.2 Å². The number of Topliss-reactive ketones (excluding diaryl/α,β-unsaturated/α-hetero) is 1. The molecule has 0 aliphatic carbocycles. The Hall–Kier alpha value is -0.580. The van der Waals surface area contributed by atoms with Gasteiger partial charge in [0.1, 0.15) is 0 Å². The molecule has 0 bridgehead atoms. The van der Waals surface area contributed by atoms with Crippen molar-refractivity contribution in [1.29, 1.82) is 0 Å². The molecule has 1 amide bonds. The van der Waals surface area contributed by atoms with Gasteiger partial charge in [-0.25, -0.2) is 4.79 Å². The van der Waals surface area contributed by atoms with E-state index < -0.39 is 11.6 Å². The number of carbonyl (C=O) groups excluding carboxylic acids is 2. The molecule has 0 aromatic rings.